The van der Waals surface area contributed by atoms with E-state index in [0.29, 0.717) is 61.9 Å². The van der Waals surface area contributed by atoms with E-state index in [1.807, 2.05) is 60.4 Å². The van der Waals surface area contributed by atoms with E-state index in [4.69, 9.17) is 9.47 Å². The third-order valence-electron chi connectivity index (χ3n) is 7.74. The predicted molar refractivity (Wildman–Crippen MR) is 157 cm³/mol. The standard InChI is InChI=1S/C33H32N4O5/c1-22-5-2-8-30(38)36(22)15-12-31(39)37-14-11-23-17-27-9-10-29(23)32(37)24-6-3-7-26(18-24)41-16-4-13-35-33(40)25-19-28(42-27)21-34-20-25/h2-3,5-10,17-21,32H,4,11-16H2,1H3,(H,35,40). The van der Waals surface area contributed by atoms with Gasteiger partial charge in [-0.1, -0.05) is 24.3 Å². The number of benzene rings is 2. The Morgan fingerprint density at radius 3 is 2.76 bits per heavy atom. The highest BCUT2D eigenvalue weighted by atomic mass is 16.5. The van der Waals surface area contributed by atoms with Crippen molar-refractivity contribution in [3.8, 4) is 17.2 Å². The van der Waals surface area contributed by atoms with Crippen LogP contribution < -0.4 is 20.3 Å². The van der Waals surface area contributed by atoms with E-state index in [2.05, 4.69) is 10.3 Å². The summed E-state index contributed by atoms with van der Waals surface area (Å²) in [6.07, 6.45) is 4.58. The molecule has 3 aliphatic heterocycles. The molecule has 9 nitrogen and oxygen atoms in total. The van der Waals surface area contributed by atoms with Gasteiger partial charge in [0, 0.05) is 44.0 Å². The van der Waals surface area contributed by atoms with Crippen molar-refractivity contribution < 1.29 is 19.1 Å². The number of aryl methyl sites for hydroxylation is 1. The molecule has 42 heavy (non-hydrogen) atoms. The van der Waals surface area contributed by atoms with E-state index < -0.39 is 0 Å². The molecule has 1 unspecified atom stereocenters. The molecule has 0 radical (unpaired) electrons. The smallest absolute Gasteiger partial charge is 0.252 e. The molecule has 2 aromatic carbocycles. The van der Waals surface area contributed by atoms with Gasteiger partial charge in [-0.3, -0.25) is 19.4 Å². The van der Waals surface area contributed by atoms with Gasteiger partial charge in [-0.15, -0.1) is 0 Å². The van der Waals surface area contributed by atoms with E-state index in [1.165, 1.54) is 12.3 Å². The summed E-state index contributed by atoms with van der Waals surface area (Å²) in [6, 6.07) is 20.2. The number of hydrogen-bond donors (Lipinski definition) is 1. The molecule has 0 saturated carbocycles. The van der Waals surface area contributed by atoms with Gasteiger partial charge in [0.25, 0.3) is 11.5 Å². The molecule has 0 fully saturated rings. The van der Waals surface area contributed by atoms with Gasteiger partial charge in [0.15, 0.2) is 0 Å². The number of nitrogens with zero attached hydrogens (tertiary/aromatic N) is 3. The molecule has 1 atom stereocenters. The number of amides is 2. The fourth-order valence-electron chi connectivity index (χ4n) is 5.63. The number of aromatic nitrogens is 2. The van der Waals surface area contributed by atoms with Crippen molar-refractivity contribution >= 4 is 11.8 Å². The summed E-state index contributed by atoms with van der Waals surface area (Å²) in [7, 11) is 0. The molecular weight excluding hydrogens is 532 g/mol. The van der Waals surface area contributed by atoms with Crippen molar-refractivity contribution in [3.63, 3.8) is 0 Å². The van der Waals surface area contributed by atoms with Gasteiger partial charge in [0.2, 0.25) is 5.91 Å². The van der Waals surface area contributed by atoms with Crippen molar-refractivity contribution in [2.75, 3.05) is 19.7 Å². The summed E-state index contributed by atoms with van der Waals surface area (Å²) >= 11 is 0. The van der Waals surface area contributed by atoms with E-state index in [-0.39, 0.29) is 29.8 Å². The Hall–Kier alpha value is -4.92. The zero-order chi connectivity index (χ0) is 29.1. The Labute approximate surface area is 243 Å². The fraction of sp³-hybridized carbons (Fsp3) is 0.273. The number of carbonyl (C=O) groups excluding carboxylic acids is 2. The molecule has 4 aromatic rings. The number of hydrogen-bond acceptors (Lipinski definition) is 6. The highest BCUT2D eigenvalue weighted by Crippen LogP contribution is 2.39. The van der Waals surface area contributed by atoms with Crippen LogP contribution in [0.5, 0.6) is 17.2 Å². The van der Waals surface area contributed by atoms with Gasteiger partial charge in [-0.05, 0) is 72.9 Å². The molecule has 2 amide bonds. The van der Waals surface area contributed by atoms with Gasteiger partial charge in [0.1, 0.15) is 17.2 Å². The van der Waals surface area contributed by atoms with Crippen LogP contribution in [0.1, 0.15) is 51.6 Å². The van der Waals surface area contributed by atoms with Gasteiger partial charge < -0.3 is 24.3 Å². The van der Waals surface area contributed by atoms with Crippen LogP contribution in [-0.4, -0.2) is 46.0 Å². The zero-order valence-electron chi connectivity index (χ0n) is 23.4. The molecule has 9 heteroatoms. The minimum atomic E-state index is -0.324. The van der Waals surface area contributed by atoms with Crippen molar-refractivity contribution in [1.82, 2.24) is 19.8 Å². The maximum absolute atomic E-state index is 13.8. The number of carbonyl (C=O) groups is 2. The first-order chi connectivity index (χ1) is 20.5. The molecule has 1 N–H and O–H groups in total. The van der Waals surface area contributed by atoms with E-state index in [9.17, 15) is 14.4 Å². The normalized spacial score (nSPS) is 16.5. The average Bonchev–Trinajstić information content (AvgIpc) is 2.99. The summed E-state index contributed by atoms with van der Waals surface area (Å²) in [5.74, 6) is 1.55. The van der Waals surface area contributed by atoms with Gasteiger partial charge in [-0.2, -0.15) is 0 Å². The van der Waals surface area contributed by atoms with E-state index in [1.54, 1.807) is 22.9 Å². The Morgan fingerprint density at radius 2 is 1.88 bits per heavy atom. The second-order valence-electron chi connectivity index (χ2n) is 10.5. The Bertz CT molecular complexity index is 1700. The van der Waals surface area contributed by atoms with Crippen LogP contribution >= 0.6 is 0 Å². The summed E-state index contributed by atoms with van der Waals surface area (Å²) in [5, 5.41) is 2.90. The third-order valence-corrected chi connectivity index (χ3v) is 7.74. The SMILES string of the molecule is Cc1cccc(=O)n1CCC(=O)N1CCc2cc3ccc2C1c1cccc(c1)OCCCNC(=O)c1cncc(c1)O3. The maximum Gasteiger partial charge on any atom is 0.252 e. The lowest BCUT2D eigenvalue weighted by Crippen LogP contribution is -2.41. The number of ether oxygens (including phenoxy) is 2. The van der Waals surface area contributed by atoms with E-state index >= 15 is 0 Å². The first kappa shape index (κ1) is 27.3. The molecule has 214 valence electrons. The molecule has 3 aliphatic rings. The highest BCUT2D eigenvalue weighted by Gasteiger charge is 2.32. The molecule has 0 aliphatic carbocycles. The lowest BCUT2D eigenvalue weighted by molar-refractivity contribution is -0.133. The Balaban J connectivity index is 1.35. The number of rotatable bonds is 3. The summed E-state index contributed by atoms with van der Waals surface area (Å²) in [6.45, 7) is 3.58. The van der Waals surface area contributed by atoms with Crippen LogP contribution in [0.15, 0.2) is 83.9 Å². The monoisotopic (exact) mass is 564 g/mol. The summed E-state index contributed by atoms with van der Waals surface area (Å²) in [4.78, 5) is 44.9. The Kier molecular flexibility index (Phi) is 7.72. The van der Waals surface area contributed by atoms with Crippen molar-refractivity contribution in [1.29, 1.82) is 0 Å². The minimum Gasteiger partial charge on any atom is -0.494 e. The van der Waals surface area contributed by atoms with Gasteiger partial charge in [-0.25, -0.2) is 0 Å². The topological polar surface area (TPSA) is 103 Å². The highest BCUT2D eigenvalue weighted by molar-refractivity contribution is 5.94. The summed E-state index contributed by atoms with van der Waals surface area (Å²) in [5.41, 5.74) is 4.16. The Morgan fingerprint density at radius 1 is 1.00 bits per heavy atom. The number of nitrogens with one attached hydrogen (secondary N) is 1. The van der Waals surface area contributed by atoms with Gasteiger partial charge >= 0.3 is 0 Å². The first-order valence-electron chi connectivity index (χ1n) is 14.2. The predicted octanol–water partition coefficient (Wildman–Crippen LogP) is 4.42. The van der Waals surface area contributed by atoms with Crippen LogP contribution in [0.25, 0.3) is 0 Å². The zero-order valence-corrected chi connectivity index (χ0v) is 23.4. The second kappa shape index (κ2) is 11.9. The molecule has 0 spiro atoms. The molecule has 0 saturated heterocycles. The van der Waals surface area contributed by atoms with Crippen LogP contribution in [0, 0.1) is 6.92 Å². The molecule has 7 rings (SSSR count). The third kappa shape index (κ3) is 5.76. The van der Waals surface area contributed by atoms with Crippen molar-refractivity contribution in [2.24, 2.45) is 0 Å². The summed E-state index contributed by atoms with van der Waals surface area (Å²) < 4.78 is 13.8. The lowest BCUT2D eigenvalue weighted by atomic mass is 9.87. The quantitative estimate of drug-likeness (QED) is 0.395. The molecular formula is C33H32N4O5. The van der Waals surface area contributed by atoms with Crippen molar-refractivity contribution in [3.05, 3.63) is 117 Å². The first-order valence-corrected chi connectivity index (χ1v) is 14.2. The van der Waals surface area contributed by atoms with Gasteiger partial charge in [0.05, 0.1) is 24.4 Å². The molecule has 2 aromatic heterocycles. The van der Waals surface area contributed by atoms with E-state index in [0.717, 1.165) is 22.4 Å². The number of fused-ring (bicyclic) bond motifs is 6. The van der Waals surface area contributed by atoms with Crippen LogP contribution in [-0.2, 0) is 17.8 Å². The van der Waals surface area contributed by atoms with Crippen LogP contribution in [0.2, 0.25) is 0 Å². The largest absolute Gasteiger partial charge is 0.494 e. The lowest BCUT2D eigenvalue weighted by Gasteiger charge is -2.38. The van der Waals surface area contributed by atoms with Crippen LogP contribution in [0.4, 0.5) is 0 Å². The number of pyridine rings is 2. The average molecular weight is 565 g/mol. The van der Waals surface area contributed by atoms with Crippen LogP contribution in [0.3, 0.4) is 0 Å². The molecule has 8 bridgehead atoms. The second-order valence-corrected chi connectivity index (χ2v) is 10.5. The fourth-order valence-corrected chi connectivity index (χ4v) is 5.63. The maximum atomic E-state index is 13.8. The van der Waals surface area contributed by atoms with Crippen molar-refractivity contribution in [2.45, 2.75) is 38.8 Å². The molecule has 5 heterocycles. The minimum absolute atomic E-state index is 0.0202.